The zero-order chi connectivity index (χ0) is 19.5. The van der Waals surface area contributed by atoms with Gasteiger partial charge in [-0.15, -0.1) is 0 Å². The number of hydrogen-bond acceptors (Lipinski definition) is 5. The number of nitrogens with zero attached hydrogens (tertiary/aromatic N) is 4. The molecule has 0 bridgehead atoms. The molecule has 1 atom stereocenters. The summed E-state index contributed by atoms with van der Waals surface area (Å²) in [6.07, 6.45) is -1.67. The molecule has 26 heavy (non-hydrogen) atoms. The average Bonchev–Trinajstić information content (AvgIpc) is 2.57. The van der Waals surface area contributed by atoms with E-state index in [2.05, 4.69) is 15.4 Å². The van der Waals surface area contributed by atoms with Crippen LogP contribution >= 0.6 is 11.6 Å². The Kier molecular flexibility index (Phi) is 6.25. The molecular formula is C16H19ClF3N5O. The first-order valence-electron chi connectivity index (χ1n) is 7.82. The number of anilines is 1. The molecule has 10 heteroatoms. The van der Waals surface area contributed by atoms with Crippen molar-refractivity contribution >= 4 is 17.3 Å². The number of hydrogen-bond donors (Lipinski definition) is 1. The molecule has 1 N–H and O–H groups in total. The molecule has 0 aliphatic heterocycles. The van der Waals surface area contributed by atoms with Crippen molar-refractivity contribution in [1.29, 1.82) is 0 Å². The van der Waals surface area contributed by atoms with Crippen molar-refractivity contribution < 1.29 is 13.2 Å². The Labute approximate surface area is 153 Å². The Morgan fingerprint density at radius 3 is 2.54 bits per heavy atom. The lowest BCUT2D eigenvalue weighted by molar-refractivity contribution is -0.137. The molecule has 0 aromatic carbocycles. The van der Waals surface area contributed by atoms with Crippen LogP contribution in [-0.2, 0) is 6.18 Å². The molecule has 0 aliphatic carbocycles. The monoisotopic (exact) mass is 389 g/mol. The largest absolute Gasteiger partial charge is 0.417 e. The highest BCUT2D eigenvalue weighted by Gasteiger charge is 2.30. The summed E-state index contributed by atoms with van der Waals surface area (Å²) in [5.74, 6) is -0.0443. The van der Waals surface area contributed by atoms with E-state index in [1.165, 1.54) is 6.20 Å². The molecule has 0 saturated carbocycles. The van der Waals surface area contributed by atoms with Crippen LogP contribution < -0.4 is 10.9 Å². The van der Waals surface area contributed by atoms with Gasteiger partial charge < -0.3 is 10.2 Å². The van der Waals surface area contributed by atoms with Crippen molar-refractivity contribution in [3.05, 3.63) is 45.5 Å². The van der Waals surface area contributed by atoms with E-state index in [4.69, 9.17) is 11.6 Å². The summed E-state index contributed by atoms with van der Waals surface area (Å²) >= 11 is 6.10. The molecule has 0 saturated heterocycles. The average molecular weight is 390 g/mol. The maximum absolute atomic E-state index is 12.6. The number of aromatic nitrogens is 3. The fourth-order valence-corrected chi connectivity index (χ4v) is 2.35. The minimum absolute atomic E-state index is 0.0443. The van der Waals surface area contributed by atoms with Crippen LogP contribution in [-0.4, -0.2) is 46.3 Å². The van der Waals surface area contributed by atoms with Crippen LogP contribution in [0.4, 0.5) is 18.9 Å². The summed E-state index contributed by atoms with van der Waals surface area (Å²) in [4.78, 5) is 18.1. The molecule has 2 aromatic heterocycles. The van der Waals surface area contributed by atoms with Gasteiger partial charge in [-0.25, -0.2) is 4.98 Å². The highest BCUT2D eigenvalue weighted by Crippen LogP contribution is 2.28. The van der Waals surface area contributed by atoms with E-state index in [1.54, 1.807) is 0 Å². The molecule has 1 unspecified atom stereocenters. The van der Waals surface area contributed by atoms with E-state index in [0.717, 1.165) is 29.8 Å². The van der Waals surface area contributed by atoms with Gasteiger partial charge in [-0.05, 0) is 46.1 Å². The number of halogens is 4. The van der Waals surface area contributed by atoms with E-state index in [1.807, 2.05) is 25.9 Å². The standard InChI is InChI=1S/C16H19ClF3N5O/c1-10(6-7-24(2)3)23-12-9-22-25(15(26)14(12)17)13-5-4-11(8-21-13)16(18,19)20/h4-5,8-10,23H,6-7H2,1-3H3. The Morgan fingerprint density at radius 1 is 1.31 bits per heavy atom. The Balaban J connectivity index is 2.23. The van der Waals surface area contributed by atoms with Crippen LogP contribution in [0.1, 0.15) is 18.9 Å². The molecule has 0 fully saturated rings. The summed E-state index contributed by atoms with van der Waals surface area (Å²) in [5.41, 5.74) is -1.21. The predicted molar refractivity (Wildman–Crippen MR) is 93.9 cm³/mol. The second kappa shape index (κ2) is 8.05. The quantitative estimate of drug-likeness (QED) is 0.822. The number of rotatable bonds is 6. The first kappa shape index (κ1) is 20.2. The smallest absolute Gasteiger partial charge is 0.380 e. The third-order valence-electron chi connectivity index (χ3n) is 3.62. The van der Waals surface area contributed by atoms with Gasteiger partial charge in [0.2, 0.25) is 0 Å². The SMILES string of the molecule is CC(CCN(C)C)Nc1cnn(-c2ccc(C(F)(F)F)cn2)c(=O)c1Cl. The Bertz CT molecular complexity index is 805. The topological polar surface area (TPSA) is 63.1 Å². The molecule has 0 aliphatic rings. The molecule has 2 rings (SSSR count). The predicted octanol–water partition coefficient (Wildman–Crippen LogP) is 3.05. The van der Waals surface area contributed by atoms with Gasteiger partial charge in [0.1, 0.15) is 5.02 Å². The van der Waals surface area contributed by atoms with Crippen LogP contribution in [0, 0.1) is 0 Å². The van der Waals surface area contributed by atoms with E-state index >= 15 is 0 Å². The lowest BCUT2D eigenvalue weighted by Crippen LogP contribution is -2.27. The minimum atomic E-state index is -4.50. The van der Waals surface area contributed by atoms with Crippen LogP contribution in [0.2, 0.25) is 5.02 Å². The zero-order valence-corrected chi connectivity index (χ0v) is 15.3. The van der Waals surface area contributed by atoms with Gasteiger partial charge in [0, 0.05) is 12.2 Å². The lowest BCUT2D eigenvalue weighted by atomic mass is 10.2. The highest BCUT2D eigenvalue weighted by atomic mass is 35.5. The van der Waals surface area contributed by atoms with Crippen LogP contribution in [0.25, 0.3) is 5.82 Å². The van der Waals surface area contributed by atoms with Crippen molar-refractivity contribution in [3.8, 4) is 5.82 Å². The maximum atomic E-state index is 12.6. The third kappa shape index (κ3) is 4.95. The minimum Gasteiger partial charge on any atom is -0.380 e. The number of nitrogens with one attached hydrogen (secondary N) is 1. The normalized spacial score (nSPS) is 13.1. The van der Waals surface area contributed by atoms with E-state index in [0.29, 0.717) is 11.9 Å². The van der Waals surface area contributed by atoms with Crippen molar-refractivity contribution in [3.63, 3.8) is 0 Å². The summed E-state index contributed by atoms with van der Waals surface area (Å²) in [6.45, 7) is 2.80. The van der Waals surface area contributed by atoms with Crippen molar-refractivity contribution in [2.24, 2.45) is 0 Å². The summed E-state index contributed by atoms with van der Waals surface area (Å²) in [7, 11) is 3.92. The summed E-state index contributed by atoms with van der Waals surface area (Å²) < 4.78 is 38.6. The molecule has 2 aromatic rings. The van der Waals surface area contributed by atoms with Gasteiger partial charge in [0.25, 0.3) is 5.56 Å². The van der Waals surface area contributed by atoms with Crippen LogP contribution in [0.3, 0.4) is 0 Å². The van der Waals surface area contributed by atoms with E-state index in [9.17, 15) is 18.0 Å². The summed E-state index contributed by atoms with van der Waals surface area (Å²) in [5, 5.41) is 6.96. The van der Waals surface area contributed by atoms with Gasteiger partial charge in [-0.2, -0.15) is 23.0 Å². The van der Waals surface area contributed by atoms with Crippen LogP contribution in [0.5, 0.6) is 0 Å². The molecule has 2 heterocycles. The summed E-state index contributed by atoms with van der Waals surface area (Å²) in [6, 6.07) is 1.95. The van der Waals surface area contributed by atoms with Gasteiger partial charge >= 0.3 is 6.18 Å². The third-order valence-corrected chi connectivity index (χ3v) is 3.99. The number of alkyl halides is 3. The lowest BCUT2D eigenvalue weighted by Gasteiger charge is -2.18. The van der Waals surface area contributed by atoms with Crippen LogP contribution in [0.15, 0.2) is 29.3 Å². The van der Waals surface area contributed by atoms with Gasteiger partial charge in [0.15, 0.2) is 5.82 Å². The first-order valence-corrected chi connectivity index (χ1v) is 8.20. The molecule has 0 spiro atoms. The Hall–Kier alpha value is -2.13. The maximum Gasteiger partial charge on any atom is 0.417 e. The fraction of sp³-hybridized carbons (Fsp3) is 0.438. The second-order valence-corrected chi connectivity index (χ2v) is 6.51. The molecule has 142 valence electrons. The van der Waals surface area contributed by atoms with Gasteiger partial charge in [-0.1, -0.05) is 11.6 Å². The number of pyridine rings is 1. The Morgan fingerprint density at radius 2 is 2.00 bits per heavy atom. The highest BCUT2D eigenvalue weighted by molar-refractivity contribution is 6.32. The fourth-order valence-electron chi connectivity index (χ4n) is 2.17. The van der Waals surface area contributed by atoms with Gasteiger partial charge in [-0.3, -0.25) is 4.79 Å². The van der Waals surface area contributed by atoms with Crippen molar-refractivity contribution in [2.75, 3.05) is 26.0 Å². The first-order chi connectivity index (χ1) is 12.1. The van der Waals surface area contributed by atoms with E-state index < -0.39 is 17.3 Å². The molecule has 0 amide bonds. The molecular weight excluding hydrogens is 371 g/mol. The van der Waals surface area contributed by atoms with Crippen molar-refractivity contribution in [1.82, 2.24) is 19.7 Å². The second-order valence-electron chi connectivity index (χ2n) is 6.13. The van der Waals surface area contributed by atoms with Crippen molar-refractivity contribution in [2.45, 2.75) is 25.6 Å². The molecule has 6 nitrogen and oxygen atoms in total. The molecule has 0 radical (unpaired) electrons. The van der Waals surface area contributed by atoms with E-state index in [-0.39, 0.29) is 16.9 Å². The zero-order valence-electron chi connectivity index (χ0n) is 14.5. The van der Waals surface area contributed by atoms with Gasteiger partial charge in [0.05, 0.1) is 17.4 Å².